The van der Waals surface area contributed by atoms with Crippen molar-refractivity contribution in [3.8, 4) is 0 Å². The van der Waals surface area contributed by atoms with Crippen molar-refractivity contribution in [1.82, 2.24) is 0 Å². The second-order valence-corrected chi connectivity index (χ2v) is 31.6. The van der Waals surface area contributed by atoms with Gasteiger partial charge in [0.25, 0.3) is 0 Å². The summed E-state index contributed by atoms with van der Waals surface area (Å²) in [6.07, 6.45) is 48.6. The zero-order valence-electron chi connectivity index (χ0n) is 61.6. The van der Waals surface area contributed by atoms with E-state index in [1.807, 2.05) is 0 Å². The number of carbonyl (C=O) groups excluding carboxylic acids is 4. The summed E-state index contributed by atoms with van der Waals surface area (Å²) in [5.74, 6) is 0.938. The number of hydrogen-bond acceptors (Lipinski definition) is 15. The Bertz CT molecular complexity index is 1850. The summed E-state index contributed by atoms with van der Waals surface area (Å²) in [5, 5.41) is 10.6. The van der Waals surface area contributed by atoms with Gasteiger partial charge < -0.3 is 33.8 Å². The van der Waals surface area contributed by atoms with E-state index in [1.165, 1.54) is 180 Å². The van der Waals surface area contributed by atoms with Crippen LogP contribution in [0.1, 0.15) is 376 Å². The van der Waals surface area contributed by atoms with Crippen molar-refractivity contribution in [2.75, 3.05) is 39.6 Å². The van der Waals surface area contributed by atoms with Gasteiger partial charge in [0.2, 0.25) is 0 Å². The Morgan fingerprint density at radius 2 is 0.511 bits per heavy atom. The van der Waals surface area contributed by atoms with Gasteiger partial charge >= 0.3 is 39.5 Å². The predicted molar refractivity (Wildman–Crippen MR) is 381 cm³/mol. The molecule has 0 aliphatic heterocycles. The second-order valence-electron chi connectivity index (χ2n) is 28.7. The lowest BCUT2D eigenvalue weighted by Crippen LogP contribution is -2.30. The number of aliphatic hydroxyl groups excluding tert-OH is 1. The van der Waals surface area contributed by atoms with Crippen molar-refractivity contribution in [1.29, 1.82) is 0 Å². The molecule has 0 saturated heterocycles. The third kappa shape index (κ3) is 67.3. The number of esters is 4. The Morgan fingerprint density at radius 1 is 0.298 bits per heavy atom. The lowest BCUT2D eigenvalue weighted by atomic mass is 9.99. The fourth-order valence-corrected chi connectivity index (χ4v) is 12.9. The van der Waals surface area contributed by atoms with Crippen molar-refractivity contribution in [2.24, 2.45) is 23.7 Å². The van der Waals surface area contributed by atoms with E-state index in [9.17, 15) is 43.2 Å². The fourth-order valence-electron chi connectivity index (χ4n) is 11.3. The molecule has 6 atom stereocenters. The van der Waals surface area contributed by atoms with E-state index in [0.717, 1.165) is 114 Å². The summed E-state index contributed by atoms with van der Waals surface area (Å²) in [4.78, 5) is 72.8. The van der Waals surface area contributed by atoms with Gasteiger partial charge in [-0.1, -0.05) is 325 Å². The van der Waals surface area contributed by atoms with Crippen LogP contribution in [0.4, 0.5) is 0 Å². The van der Waals surface area contributed by atoms with Gasteiger partial charge in [-0.3, -0.25) is 37.3 Å². The molecule has 0 aliphatic carbocycles. The second kappa shape index (κ2) is 64.4. The number of rotatable bonds is 72. The highest BCUT2D eigenvalue weighted by Gasteiger charge is 2.30. The van der Waals surface area contributed by atoms with E-state index in [0.29, 0.717) is 25.7 Å². The molecule has 0 saturated carbocycles. The molecule has 17 nitrogen and oxygen atoms in total. The van der Waals surface area contributed by atoms with Gasteiger partial charge in [-0.2, -0.15) is 0 Å². The van der Waals surface area contributed by atoms with Gasteiger partial charge in [0.15, 0.2) is 12.2 Å². The van der Waals surface area contributed by atoms with Gasteiger partial charge in [0.1, 0.15) is 19.3 Å². The zero-order valence-corrected chi connectivity index (χ0v) is 63.4. The van der Waals surface area contributed by atoms with Crippen LogP contribution in [0.3, 0.4) is 0 Å². The standard InChI is InChI=1S/C75H146O17P2/c1-9-68(8)54-46-38-30-20-16-12-10-11-13-17-22-33-41-49-57-74(79)91-70(61-85-72(77)55-47-39-31-21-18-14-15-19-27-35-43-51-65(2)3)63-89-93(81,82)87-59-69(76)60-88-94(83,84)90-64-71(92-75(80)58-50-42-34-26-24-29-37-45-53-67(6)7)62-86-73(78)56-48-40-32-25-23-28-36-44-52-66(4)5/h65-71,76H,9-64H2,1-8H3,(H,81,82)(H,83,84)/t68?,69?,70-,71-/m1/s1. The zero-order chi connectivity index (χ0) is 69.6. The first-order valence-electron chi connectivity index (χ1n) is 38.7. The summed E-state index contributed by atoms with van der Waals surface area (Å²) < 4.78 is 68.5. The first-order chi connectivity index (χ1) is 45.1. The fraction of sp³-hybridized carbons (Fsp3) is 0.947. The molecule has 0 bridgehead atoms. The Morgan fingerprint density at radius 3 is 0.755 bits per heavy atom. The van der Waals surface area contributed by atoms with Gasteiger partial charge in [0.05, 0.1) is 26.4 Å². The third-order valence-electron chi connectivity index (χ3n) is 17.7. The van der Waals surface area contributed by atoms with Gasteiger partial charge in [-0.15, -0.1) is 0 Å². The Kier molecular flexibility index (Phi) is 63.1. The maximum atomic E-state index is 13.1. The van der Waals surface area contributed by atoms with Crippen LogP contribution in [0.2, 0.25) is 0 Å². The predicted octanol–water partition coefficient (Wildman–Crippen LogP) is 21.7. The molecular weight excluding hydrogens is 1230 g/mol. The minimum atomic E-state index is -4.96. The first kappa shape index (κ1) is 92.1. The van der Waals surface area contributed by atoms with Crippen LogP contribution in [0, 0.1) is 23.7 Å². The van der Waals surface area contributed by atoms with Gasteiger partial charge in [-0.05, 0) is 49.4 Å². The molecular formula is C75H146O17P2. The normalized spacial score (nSPS) is 14.4. The van der Waals surface area contributed by atoms with Crippen LogP contribution in [0.25, 0.3) is 0 Å². The van der Waals surface area contributed by atoms with E-state index in [4.69, 9.17) is 37.0 Å². The molecule has 4 unspecified atom stereocenters. The molecule has 0 aromatic heterocycles. The molecule has 0 aliphatic rings. The molecule has 3 N–H and O–H groups in total. The Balaban J connectivity index is 5.25. The molecule has 0 amide bonds. The highest BCUT2D eigenvalue weighted by Crippen LogP contribution is 2.45. The summed E-state index contributed by atoms with van der Waals surface area (Å²) in [6, 6.07) is 0. The molecule has 558 valence electrons. The molecule has 0 spiro atoms. The largest absolute Gasteiger partial charge is 0.472 e. The van der Waals surface area contributed by atoms with E-state index in [1.54, 1.807) is 0 Å². The summed E-state index contributed by atoms with van der Waals surface area (Å²) in [5.41, 5.74) is 0. The highest BCUT2D eigenvalue weighted by atomic mass is 31.2. The monoisotopic (exact) mass is 1380 g/mol. The average molecular weight is 1380 g/mol. The van der Waals surface area contributed by atoms with E-state index in [2.05, 4.69) is 55.4 Å². The number of hydrogen-bond donors (Lipinski definition) is 3. The van der Waals surface area contributed by atoms with Crippen molar-refractivity contribution in [2.45, 2.75) is 395 Å². The minimum Gasteiger partial charge on any atom is -0.462 e. The SMILES string of the molecule is CCC(C)CCCCCCCCCCCCCCCCC(=O)O[C@H](COC(=O)CCCCCCCCCCCCCC(C)C)COP(=O)(O)OCC(O)COP(=O)(O)OC[C@@H](COC(=O)CCCCCCCCCCC(C)C)OC(=O)CCCCCCCCCCC(C)C. The average Bonchev–Trinajstić information content (AvgIpc) is 2.09. The number of unbranched alkanes of at least 4 members (excludes halogenated alkanes) is 37. The van der Waals surface area contributed by atoms with Crippen LogP contribution < -0.4 is 0 Å². The first-order valence-corrected chi connectivity index (χ1v) is 41.7. The lowest BCUT2D eigenvalue weighted by Gasteiger charge is -2.21. The highest BCUT2D eigenvalue weighted by molar-refractivity contribution is 7.47. The number of ether oxygens (including phenoxy) is 4. The third-order valence-corrected chi connectivity index (χ3v) is 19.6. The van der Waals surface area contributed by atoms with Crippen LogP contribution in [-0.2, 0) is 65.4 Å². The Hall–Kier alpha value is -1.94. The maximum absolute atomic E-state index is 13.1. The van der Waals surface area contributed by atoms with E-state index < -0.39 is 97.5 Å². The minimum absolute atomic E-state index is 0.104. The lowest BCUT2D eigenvalue weighted by molar-refractivity contribution is -0.161. The summed E-state index contributed by atoms with van der Waals surface area (Å²) >= 11 is 0. The molecule has 0 fully saturated rings. The van der Waals surface area contributed by atoms with Crippen molar-refractivity contribution >= 4 is 39.5 Å². The van der Waals surface area contributed by atoms with E-state index >= 15 is 0 Å². The molecule has 0 aromatic carbocycles. The smallest absolute Gasteiger partial charge is 0.462 e. The topological polar surface area (TPSA) is 237 Å². The molecule has 0 heterocycles. The van der Waals surface area contributed by atoms with Crippen LogP contribution in [-0.4, -0.2) is 96.7 Å². The Labute approximate surface area is 575 Å². The van der Waals surface area contributed by atoms with Crippen molar-refractivity contribution in [3.63, 3.8) is 0 Å². The van der Waals surface area contributed by atoms with Crippen LogP contribution in [0.5, 0.6) is 0 Å². The summed E-state index contributed by atoms with van der Waals surface area (Å²) in [7, 11) is -9.91. The van der Waals surface area contributed by atoms with E-state index in [-0.39, 0.29) is 25.7 Å². The number of phosphoric acid groups is 2. The summed E-state index contributed by atoms with van der Waals surface area (Å²) in [6.45, 7) is 14.2. The molecule has 19 heteroatoms. The molecule has 0 rings (SSSR count). The van der Waals surface area contributed by atoms with Crippen molar-refractivity contribution < 1.29 is 80.2 Å². The molecule has 94 heavy (non-hydrogen) atoms. The number of phosphoric ester groups is 2. The van der Waals surface area contributed by atoms with Crippen molar-refractivity contribution in [3.05, 3.63) is 0 Å². The van der Waals surface area contributed by atoms with Crippen LogP contribution >= 0.6 is 15.6 Å². The molecule has 0 radical (unpaired) electrons. The van der Waals surface area contributed by atoms with Gasteiger partial charge in [0, 0.05) is 25.7 Å². The number of aliphatic hydroxyl groups is 1. The van der Waals surface area contributed by atoms with Gasteiger partial charge in [-0.25, -0.2) is 9.13 Å². The maximum Gasteiger partial charge on any atom is 0.472 e. The number of carbonyl (C=O) groups is 4. The molecule has 0 aromatic rings. The van der Waals surface area contributed by atoms with Crippen LogP contribution in [0.15, 0.2) is 0 Å². The quantitative estimate of drug-likeness (QED) is 0.0222.